The van der Waals surface area contributed by atoms with E-state index in [1.54, 1.807) is 17.6 Å². The highest BCUT2D eigenvalue weighted by Crippen LogP contribution is 2.30. The molecule has 0 aliphatic carbocycles. The van der Waals surface area contributed by atoms with E-state index in [-0.39, 0.29) is 0 Å². The first-order valence-electron chi connectivity index (χ1n) is 8.42. The molecule has 7 nitrogen and oxygen atoms in total. The molecule has 0 N–H and O–H groups in total. The summed E-state index contributed by atoms with van der Waals surface area (Å²) >= 11 is 3.04. The van der Waals surface area contributed by atoms with Crippen molar-refractivity contribution >= 4 is 23.1 Å². The standard InChI is InChI=1S/C19H13N5O2S2/c1-2-6-13(7-3-1)24-17(14-8-4-10-25-14)21-23-19(24)28-12-16-20-22-18(26-16)15-9-5-11-27-15/h1-11H,12H2. The largest absolute Gasteiger partial charge is 0.461 e. The Morgan fingerprint density at radius 2 is 1.86 bits per heavy atom. The van der Waals surface area contributed by atoms with Gasteiger partial charge in [0.15, 0.2) is 10.9 Å². The van der Waals surface area contributed by atoms with Crippen LogP contribution < -0.4 is 0 Å². The van der Waals surface area contributed by atoms with Gasteiger partial charge < -0.3 is 8.83 Å². The van der Waals surface area contributed by atoms with Gasteiger partial charge in [0.05, 0.1) is 16.9 Å². The second-order valence-corrected chi connectivity index (χ2v) is 7.61. The first kappa shape index (κ1) is 17.0. The highest BCUT2D eigenvalue weighted by Gasteiger charge is 2.19. The van der Waals surface area contributed by atoms with Gasteiger partial charge in [0.2, 0.25) is 11.7 Å². The highest BCUT2D eigenvalue weighted by atomic mass is 32.2. The zero-order chi connectivity index (χ0) is 18.8. The van der Waals surface area contributed by atoms with Crippen LogP contribution in [-0.4, -0.2) is 25.0 Å². The van der Waals surface area contributed by atoms with E-state index in [2.05, 4.69) is 20.4 Å². The zero-order valence-electron chi connectivity index (χ0n) is 14.4. The van der Waals surface area contributed by atoms with Gasteiger partial charge in [-0.2, -0.15) is 0 Å². The third-order valence-corrected chi connectivity index (χ3v) is 5.68. The summed E-state index contributed by atoms with van der Waals surface area (Å²) in [7, 11) is 0. The third kappa shape index (κ3) is 3.25. The molecule has 4 aromatic heterocycles. The van der Waals surface area contributed by atoms with Crippen LogP contribution in [0, 0.1) is 0 Å². The Balaban J connectivity index is 1.44. The molecule has 138 valence electrons. The molecule has 0 radical (unpaired) electrons. The van der Waals surface area contributed by atoms with Crippen molar-refractivity contribution < 1.29 is 8.83 Å². The van der Waals surface area contributed by atoms with Crippen molar-refractivity contribution in [3.8, 4) is 28.0 Å². The van der Waals surface area contributed by atoms with E-state index in [1.807, 2.05) is 64.5 Å². The van der Waals surface area contributed by atoms with Gasteiger partial charge in [-0.3, -0.25) is 4.57 Å². The Morgan fingerprint density at radius 3 is 2.64 bits per heavy atom. The molecular weight excluding hydrogens is 394 g/mol. The average Bonchev–Trinajstić information content (AvgIpc) is 3.53. The van der Waals surface area contributed by atoms with Crippen molar-refractivity contribution in [2.24, 2.45) is 0 Å². The van der Waals surface area contributed by atoms with Crippen LogP contribution in [0.1, 0.15) is 5.89 Å². The Bertz CT molecular complexity index is 1160. The normalized spacial score (nSPS) is 11.1. The van der Waals surface area contributed by atoms with Gasteiger partial charge in [0.1, 0.15) is 0 Å². The van der Waals surface area contributed by atoms with Crippen LogP contribution in [0.5, 0.6) is 0 Å². The first-order valence-corrected chi connectivity index (χ1v) is 10.3. The molecule has 0 saturated carbocycles. The van der Waals surface area contributed by atoms with E-state index >= 15 is 0 Å². The first-order chi connectivity index (χ1) is 13.9. The number of thioether (sulfide) groups is 1. The van der Waals surface area contributed by atoms with E-state index < -0.39 is 0 Å². The highest BCUT2D eigenvalue weighted by molar-refractivity contribution is 7.98. The molecule has 0 bridgehead atoms. The second-order valence-electron chi connectivity index (χ2n) is 5.72. The minimum atomic E-state index is 0.488. The lowest BCUT2D eigenvalue weighted by molar-refractivity contribution is 0.529. The van der Waals surface area contributed by atoms with Gasteiger partial charge in [0, 0.05) is 5.69 Å². The molecule has 5 aromatic rings. The van der Waals surface area contributed by atoms with Gasteiger partial charge in [-0.25, -0.2) is 0 Å². The number of furan rings is 1. The number of rotatable bonds is 6. The number of nitrogens with zero attached hydrogens (tertiary/aromatic N) is 5. The van der Waals surface area contributed by atoms with Crippen molar-refractivity contribution in [1.29, 1.82) is 0 Å². The summed E-state index contributed by atoms with van der Waals surface area (Å²) in [6, 6.07) is 17.5. The van der Waals surface area contributed by atoms with Crippen LogP contribution in [0.15, 0.2) is 80.2 Å². The van der Waals surface area contributed by atoms with E-state index in [1.165, 1.54) is 11.8 Å². The molecule has 0 aliphatic heterocycles. The number of thiophene rings is 1. The Hall–Kier alpha value is -3.17. The summed E-state index contributed by atoms with van der Waals surface area (Å²) in [4.78, 5) is 0.955. The summed E-state index contributed by atoms with van der Waals surface area (Å²) in [6.07, 6.45) is 1.62. The van der Waals surface area contributed by atoms with Crippen molar-refractivity contribution in [1.82, 2.24) is 25.0 Å². The lowest BCUT2D eigenvalue weighted by atomic mass is 10.3. The Morgan fingerprint density at radius 1 is 0.929 bits per heavy atom. The van der Waals surface area contributed by atoms with Crippen molar-refractivity contribution in [2.45, 2.75) is 10.9 Å². The lowest BCUT2D eigenvalue weighted by Gasteiger charge is -2.08. The molecule has 0 aliphatic rings. The van der Waals surface area contributed by atoms with E-state index in [0.29, 0.717) is 34.3 Å². The summed E-state index contributed by atoms with van der Waals surface area (Å²) in [5, 5.41) is 19.6. The van der Waals surface area contributed by atoms with Crippen LogP contribution >= 0.6 is 23.1 Å². The molecule has 5 rings (SSSR count). The van der Waals surface area contributed by atoms with E-state index in [9.17, 15) is 0 Å². The van der Waals surface area contributed by atoms with Gasteiger partial charge in [0.25, 0.3) is 5.89 Å². The molecule has 4 heterocycles. The number of benzene rings is 1. The SMILES string of the molecule is c1ccc(-n2c(SCc3nnc(-c4cccs4)o3)nnc2-c2ccco2)cc1. The van der Waals surface area contributed by atoms with Gasteiger partial charge in [-0.15, -0.1) is 31.7 Å². The van der Waals surface area contributed by atoms with Crippen LogP contribution in [-0.2, 0) is 5.75 Å². The molecule has 28 heavy (non-hydrogen) atoms. The minimum absolute atomic E-state index is 0.488. The molecular formula is C19H13N5O2S2. The second kappa shape index (κ2) is 7.45. The summed E-state index contributed by atoms with van der Waals surface area (Å²) in [5.74, 6) is 2.85. The molecule has 0 unspecified atom stereocenters. The number of hydrogen-bond acceptors (Lipinski definition) is 8. The summed E-state index contributed by atoms with van der Waals surface area (Å²) in [6.45, 7) is 0. The van der Waals surface area contributed by atoms with Gasteiger partial charge >= 0.3 is 0 Å². The topological polar surface area (TPSA) is 82.8 Å². The predicted molar refractivity (Wildman–Crippen MR) is 106 cm³/mol. The fourth-order valence-corrected chi connectivity index (χ4v) is 4.11. The fraction of sp³-hybridized carbons (Fsp3) is 0.0526. The lowest BCUT2D eigenvalue weighted by Crippen LogP contribution is -1.99. The minimum Gasteiger partial charge on any atom is -0.461 e. The molecule has 0 amide bonds. The number of aromatic nitrogens is 5. The van der Waals surface area contributed by atoms with Crippen molar-refractivity contribution in [3.05, 3.63) is 72.1 Å². The van der Waals surface area contributed by atoms with Gasteiger partial charge in [-0.1, -0.05) is 36.0 Å². The predicted octanol–water partition coefficient (Wildman–Crippen LogP) is 4.93. The maximum absolute atomic E-state index is 5.77. The molecule has 1 aromatic carbocycles. The molecule has 0 atom stereocenters. The Kier molecular flexibility index (Phi) is 4.51. The zero-order valence-corrected chi connectivity index (χ0v) is 16.1. The fourth-order valence-electron chi connectivity index (χ4n) is 2.68. The molecule has 0 spiro atoms. The maximum Gasteiger partial charge on any atom is 0.257 e. The average molecular weight is 407 g/mol. The van der Waals surface area contributed by atoms with Crippen LogP contribution in [0.25, 0.3) is 28.0 Å². The molecule has 9 heteroatoms. The molecule has 0 saturated heterocycles. The van der Waals surface area contributed by atoms with E-state index in [0.717, 1.165) is 10.6 Å². The van der Waals surface area contributed by atoms with Crippen LogP contribution in [0.4, 0.5) is 0 Å². The summed E-state index contributed by atoms with van der Waals surface area (Å²) in [5.41, 5.74) is 0.950. The van der Waals surface area contributed by atoms with Crippen molar-refractivity contribution in [3.63, 3.8) is 0 Å². The monoisotopic (exact) mass is 407 g/mol. The van der Waals surface area contributed by atoms with Crippen molar-refractivity contribution in [2.75, 3.05) is 0 Å². The smallest absolute Gasteiger partial charge is 0.257 e. The van der Waals surface area contributed by atoms with Crippen LogP contribution in [0.3, 0.4) is 0 Å². The number of para-hydroxylation sites is 1. The van der Waals surface area contributed by atoms with Crippen LogP contribution in [0.2, 0.25) is 0 Å². The quantitative estimate of drug-likeness (QED) is 0.369. The maximum atomic E-state index is 5.77. The Labute approximate surface area is 168 Å². The molecule has 0 fully saturated rings. The van der Waals surface area contributed by atoms with E-state index in [4.69, 9.17) is 8.83 Å². The summed E-state index contributed by atoms with van der Waals surface area (Å²) < 4.78 is 13.3. The number of hydrogen-bond donors (Lipinski definition) is 0. The third-order valence-electron chi connectivity index (χ3n) is 3.91. The van der Waals surface area contributed by atoms with Gasteiger partial charge in [-0.05, 0) is 35.7 Å².